The summed E-state index contributed by atoms with van der Waals surface area (Å²) < 4.78 is 27.5. The summed E-state index contributed by atoms with van der Waals surface area (Å²) in [5, 5.41) is 1.75. The molecule has 0 fully saturated rings. The molecular weight excluding hydrogens is 432 g/mol. The maximum absolute atomic E-state index is 12.9. The topological polar surface area (TPSA) is 83.6 Å². The van der Waals surface area contributed by atoms with Crippen LogP contribution in [-0.2, 0) is 19.6 Å². The summed E-state index contributed by atoms with van der Waals surface area (Å²) in [4.78, 5) is 22.4. The average Bonchev–Trinajstić information content (AvgIpc) is 2.53. The molecule has 0 saturated carbocycles. The molecule has 0 aliphatic rings. The highest BCUT2D eigenvalue weighted by atomic mass is 79.9. The van der Waals surface area contributed by atoms with Gasteiger partial charge in [-0.3, -0.25) is 13.9 Å². The van der Waals surface area contributed by atoms with E-state index in [1.165, 1.54) is 31.2 Å². The van der Waals surface area contributed by atoms with Crippen LogP contribution >= 0.6 is 27.5 Å². The van der Waals surface area contributed by atoms with Crippen LogP contribution in [0.25, 0.3) is 0 Å². The Balaban J connectivity index is 2.42. The van der Waals surface area contributed by atoms with Gasteiger partial charge in [-0.15, -0.1) is 0 Å². The monoisotopic (exact) mass is 444 g/mol. The number of carbonyl (C=O) groups excluding carboxylic acids is 2. The number of halogens is 2. The van der Waals surface area contributed by atoms with Gasteiger partial charge < -0.3 is 5.32 Å². The third-order valence-electron chi connectivity index (χ3n) is 3.15. The Bertz CT molecular complexity index is 883. The fourth-order valence-corrected chi connectivity index (χ4v) is 3.95. The number of hydrogen-bond acceptors (Lipinski definition) is 4. The molecule has 0 unspecified atom stereocenters. The third kappa shape index (κ3) is 5.04. The van der Waals surface area contributed by atoms with Gasteiger partial charge in [-0.1, -0.05) is 15.9 Å². The Hall–Kier alpha value is -1.90. The van der Waals surface area contributed by atoms with Gasteiger partial charge in [0.2, 0.25) is 11.1 Å². The third-order valence-corrected chi connectivity index (χ3v) is 5.58. The van der Waals surface area contributed by atoms with Crippen molar-refractivity contribution in [2.24, 2.45) is 0 Å². The molecule has 0 spiro atoms. The van der Waals surface area contributed by atoms with E-state index in [9.17, 15) is 18.0 Å². The van der Waals surface area contributed by atoms with E-state index < -0.39 is 21.8 Å². The molecule has 1 amide bonds. The van der Waals surface area contributed by atoms with E-state index in [-0.39, 0.29) is 10.8 Å². The number of nitrogens with one attached hydrogen (secondary N) is 1. The maximum atomic E-state index is 12.9. The first-order valence-electron chi connectivity index (χ1n) is 7.04. The molecule has 2 aromatic rings. The molecule has 2 rings (SSSR count). The molecule has 0 radical (unpaired) electrons. The maximum Gasteiger partial charge on any atom is 0.264 e. The lowest BCUT2D eigenvalue weighted by molar-refractivity contribution is -0.114. The van der Waals surface area contributed by atoms with Gasteiger partial charge in [-0.2, -0.15) is 0 Å². The molecule has 25 heavy (non-hydrogen) atoms. The van der Waals surface area contributed by atoms with Crippen LogP contribution in [0, 0.1) is 0 Å². The van der Waals surface area contributed by atoms with Gasteiger partial charge in [0.05, 0.1) is 10.6 Å². The van der Waals surface area contributed by atoms with Crippen molar-refractivity contribution in [2.45, 2.75) is 11.8 Å². The minimum absolute atomic E-state index is 0.0255. The summed E-state index contributed by atoms with van der Waals surface area (Å²) in [6, 6.07) is 12.1. The first kappa shape index (κ1) is 19.4. The van der Waals surface area contributed by atoms with Crippen LogP contribution in [-0.4, -0.2) is 26.1 Å². The van der Waals surface area contributed by atoms with Gasteiger partial charge in [0.25, 0.3) is 10.0 Å². The highest BCUT2D eigenvalue weighted by Gasteiger charge is 2.26. The van der Waals surface area contributed by atoms with Gasteiger partial charge in [0.15, 0.2) is 0 Å². The van der Waals surface area contributed by atoms with Gasteiger partial charge in [0, 0.05) is 17.1 Å². The van der Waals surface area contributed by atoms with Crippen LogP contribution in [0.15, 0.2) is 57.9 Å². The highest BCUT2D eigenvalue weighted by molar-refractivity contribution is 9.10. The fourth-order valence-electron chi connectivity index (χ4n) is 2.08. The fraction of sp³-hybridized carbons (Fsp3) is 0.125. The van der Waals surface area contributed by atoms with Crippen molar-refractivity contribution < 1.29 is 18.0 Å². The van der Waals surface area contributed by atoms with Crippen LogP contribution in [0.1, 0.15) is 6.92 Å². The standard InChI is InChI=1S/C16H14BrClN2O4S/c1-11(21)19-13-4-8-15(9-5-13)25(23,24)20(10-16(18)22)14-6-2-12(17)3-7-14/h2-9H,10H2,1H3,(H,19,21). The zero-order valence-electron chi connectivity index (χ0n) is 13.1. The molecule has 0 saturated heterocycles. The highest BCUT2D eigenvalue weighted by Crippen LogP contribution is 2.26. The number of amides is 1. The number of benzene rings is 2. The Morgan fingerprint density at radius 1 is 1.08 bits per heavy atom. The minimum atomic E-state index is -4.01. The first-order chi connectivity index (χ1) is 11.7. The van der Waals surface area contributed by atoms with E-state index >= 15 is 0 Å². The van der Waals surface area contributed by atoms with E-state index in [0.29, 0.717) is 11.4 Å². The molecule has 0 aliphatic carbocycles. The summed E-state index contributed by atoms with van der Waals surface area (Å²) >= 11 is 8.70. The lowest BCUT2D eigenvalue weighted by Crippen LogP contribution is -2.34. The smallest absolute Gasteiger partial charge is 0.264 e. The average molecular weight is 446 g/mol. The lowest BCUT2D eigenvalue weighted by Gasteiger charge is -2.23. The van der Waals surface area contributed by atoms with Crippen molar-refractivity contribution in [3.63, 3.8) is 0 Å². The van der Waals surface area contributed by atoms with Crippen LogP contribution in [0.3, 0.4) is 0 Å². The van der Waals surface area contributed by atoms with E-state index in [1.807, 2.05) is 0 Å². The van der Waals surface area contributed by atoms with Crippen LogP contribution in [0.4, 0.5) is 11.4 Å². The van der Waals surface area contributed by atoms with Gasteiger partial charge >= 0.3 is 0 Å². The Labute approximate surface area is 159 Å². The number of anilines is 2. The SMILES string of the molecule is CC(=O)Nc1ccc(S(=O)(=O)N(CC(=O)Cl)c2ccc(Br)cc2)cc1. The molecular formula is C16H14BrClN2O4S. The minimum Gasteiger partial charge on any atom is -0.326 e. The molecule has 0 heterocycles. The molecule has 0 aromatic heterocycles. The van der Waals surface area contributed by atoms with Crippen molar-refractivity contribution in [1.29, 1.82) is 0 Å². The Morgan fingerprint density at radius 3 is 2.12 bits per heavy atom. The number of rotatable bonds is 6. The number of hydrogen-bond donors (Lipinski definition) is 1. The first-order valence-corrected chi connectivity index (χ1v) is 9.65. The summed E-state index contributed by atoms with van der Waals surface area (Å²) in [7, 11) is -4.01. The predicted molar refractivity (Wildman–Crippen MR) is 100 cm³/mol. The van der Waals surface area contributed by atoms with E-state index in [4.69, 9.17) is 11.6 Å². The molecule has 132 valence electrons. The second-order valence-corrected chi connectivity index (χ2v) is 8.25. The quantitative estimate of drug-likeness (QED) is 0.691. The normalized spacial score (nSPS) is 11.0. The van der Waals surface area contributed by atoms with Crippen LogP contribution < -0.4 is 9.62 Å². The number of sulfonamides is 1. The second-order valence-electron chi connectivity index (χ2n) is 5.05. The molecule has 9 heteroatoms. The Kier molecular flexibility index (Phi) is 6.21. The van der Waals surface area contributed by atoms with E-state index in [2.05, 4.69) is 21.2 Å². The molecule has 2 aromatic carbocycles. The number of nitrogens with zero attached hydrogens (tertiary/aromatic N) is 1. The van der Waals surface area contributed by atoms with Crippen molar-refractivity contribution in [3.8, 4) is 0 Å². The zero-order chi connectivity index (χ0) is 18.6. The molecule has 1 N–H and O–H groups in total. The summed E-state index contributed by atoms with van der Waals surface area (Å²) in [6.07, 6.45) is 0. The van der Waals surface area contributed by atoms with Gasteiger partial charge in [-0.05, 0) is 60.1 Å². The van der Waals surface area contributed by atoms with Crippen LogP contribution in [0.5, 0.6) is 0 Å². The number of carbonyl (C=O) groups is 2. The van der Waals surface area contributed by atoms with Crippen molar-refractivity contribution in [1.82, 2.24) is 0 Å². The van der Waals surface area contributed by atoms with Crippen molar-refractivity contribution in [2.75, 3.05) is 16.2 Å². The van der Waals surface area contributed by atoms with Crippen molar-refractivity contribution >= 4 is 60.1 Å². The van der Waals surface area contributed by atoms with Gasteiger partial charge in [0.1, 0.15) is 6.54 Å². The zero-order valence-corrected chi connectivity index (χ0v) is 16.2. The van der Waals surface area contributed by atoms with Gasteiger partial charge in [-0.25, -0.2) is 8.42 Å². The molecule has 0 bridgehead atoms. The van der Waals surface area contributed by atoms with E-state index in [1.54, 1.807) is 24.3 Å². The lowest BCUT2D eigenvalue weighted by atomic mass is 10.3. The largest absolute Gasteiger partial charge is 0.326 e. The van der Waals surface area contributed by atoms with E-state index in [0.717, 1.165) is 8.78 Å². The summed E-state index contributed by atoms with van der Waals surface area (Å²) in [5.41, 5.74) is 0.776. The molecule has 6 nitrogen and oxygen atoms in total. The second kappa shape index (κ2) is 7.99. The van der Waals surface area contributed by atoms with Crippen molar-refractivity contribution in [3.05, 3.63) is 53.0 Å². The summed E-state index contributed by atoms with van der Waals surface area (Å²) in [6.45, 7) is 0.852. The van der Waals surface area contributed by atoms with Crippen LogP contribution in [0.2, 0.25) is 0 Å². The summed E-state index contributed by atoms with van der Waals surface area (Å²) in [5.74, 6) is -0.264. The molecule has 0 atom stereocenters. The molecule has 0 aliphatic heterocycles. The predicted octanol–water partition coefficient (Wildman–Crippen LogP) is 3.37. The Morgan fingerprint density at radius 2 is 1.64 bits per heavy atom.